The maximum atomic E-state index is 12.7. The van der Waals surface area contributed by atoms with Crippen LogP contribution in [-0.2, 0) is 23.2 Å². The number of halogens is 3. The van der Waals surface area contributed by atoms with Gasteiger partial charge in [0, 0.05) is 30.7 Å². The number of aryl methyl sites for hydroxylation is 1. The van der Waals surface area contributed by atoms with Crippen LogP contribution in [0, 0.1) is 6.92 Å². The van der Waals surface area contributed by atoms with E-state index in [2.05, 4.69) is 15.3 Å². The molecule has 0 unspecified atom stereocenters. The third kappa shape index (κ3) is 3.99. The number of nitrogens with one attached hydrogen (secondary N) is 1. The Morgan fingerprint density at radius 3 is 2.36 bits per heavy atom. The number of nitrogens with zero attached hydrogens (tertiary/aromatic N) is 3. The second kappa shape index (κ2) is 6.91. The topological polar surface area (TPSA) is 103 Å². The molecule has 0 fully saturated rings. The van der Waals surface area contributed by atoms with E-state index in [4.69, 9.17) is 5.14 Å². The van der Waals surface area contributed by atoms with Crippen LogP contribution in [0.25, 0.3) is 11.3 Å². The quantitative estimate of drug-likeness (QED) is 0.686. The molecule has 0 bridgehead atoms. The van der Waals surface area contributed by atoms with Crippen LogP contribution in [0.3, 0.4) is 0 Å². The molecule has 148 valence electrons. The summed E-state index contributed by atoms with van der Waals surface area (Å²) in [5, 5.41) is 8.19. The van der Waals surface area contributed by atoms with Crippen LogP contribution in [0.5, 0.6) is 0 Å². The van der Waals surface area contributed by atoms with Crippen molar-refractivity contribution in [1.82, 2.24) is 14.5 Å². The molecule has 3 N–H and O–H groups in total. The minimum atomic E-state index is -4.49. The van der Waals surface area contributed by atoms with Crippen molar-refractivity contribution in [3.05, 3.63) is 54.1 Å². The van der Waals surface area contributed by atoms with Gasteiger partial charge in [0.25, 0.3) is 0 Å². The van der Waals surface area contributed by atoms with Gasteiger partial charge in [-0.15, -0.1) is 0 Å². The Morgan fingerprint density at radius 1 is 1.14 bits per heavy atom. The van der Waals surface area contributed by atoms with Crippen molar-refractivity contribution >= 4 is 21.5 Å². The number of hydrogen-bond donors (Lipinski definition) is 2. The van der Waals surface area contributed by atoms with Gasteiger partial charge >= 0.3 is 6.18 Å². The third-order valence-electron chi connectivity index (χ3n) is 4.04. The molecule has 3 aromatic rings. The first-order valence-corrected chi connectivity index (χ1v) is 9.46. The minimum Gasteiger partial charge on any atom is -0.340 e. The van der Waals surface area contributed by atoms with Crippen molar-refractivity contribution in [2.24, 2.45) is 12.2 Å². The molecule has 0 atom stereocenters. The zero-order valence-corrected chi connectivity index (χ0v) is 15.6. The van der Waals surface area contributed by atoms with E-state index >= 15 is 0 Å². The molecular weight excluding hydrogens is 395 g/mol. The lowest BCUT2D eigenvalue weighted by Crippen LogP contribution is -2.14. The summed E-state index contributed by atoms with van der Waals surface area (Å²) in [7, 11) is -2.22. The standard InChI is InChI=1S/C17H16F3N5O2S/c1-10-14(28(21,26)27)5-4-12(16(10)13-8-25(2)9-23-13)24-15-6-3-11(7-22-15)17(18,19)20/h3-9H,1-2H3,(H,22,24)(H2,21,26,27). The summed E-state index contributed by atoms with van der Waals surface area (Å²) in [5.41, 5.74) is 0.839. The highest BCUT2D eigenvalue weighted by Crippen LogP contribution is 2.36. The number of rotatable bonds is 4. The van der Waals surface area contributed by atoms with E-state index in [0.717, 1.165) is 6.07 Å². The van der Waals surface area contributed by atoms with Gasteiger partial charge in [0.15, 0.2) is 0 Å². The number of imidazole rings is 1. The van der Waals surface area contributed by atoms with Crippen LogP contribution < -0.4 is 10.5 Å². The summed E-state index contributed by atoms with van der Waals surface area (Å²) >= 11 is 0. The van der Waals surface area contributed by atoms with Crippen LogP contribution in [-0.4, -0.2) is 23.0 Å². The molecule has 3 rings (SSSR count). The highest BCUT2D eigenvalue weighted by atomic mass is 32.2. The zero-order chi connectivity index (χ0) is 20.7. The molecule has 28 heavy (non-hydrogen) atoms. The van der Waals surface area contributed by atoms with Crippen molar-refractivity contribution in [3.8, 4) is 11.3 Å². The first-order valence-electron chi connectivity index (χ1n) is 7.92. The molecule has 2 heterocycles. The zero-order valence-electron chi connectivity index (χ0n) is 14.8. The number of sulfonamides is 1. The molecule has 0 saturated carbocycles. The van der Waals surface area contributed by atoms with E-state index in [9.17, 15) is 21.6 Å². The van der Waals surface area contributed by atoms with Crippen molar-refractivity contribution in [3.63, 3.8) is 0 Å². The number of pyridine rings is 1. The Bertz CT molecular complexity index is 1120. The van der Waals surface area contributed by atoms with Crippen molar-refractivity contribution in [2.45, 2.75) is 18.0 Å². The van der Waals surface area contributed by atoms with Gasteiger partial charge < -0.3 is 9.88 Å². The third-order valence-corrected chi connectivity index (χ3v) is 5.09. The van der Waals surface area contributed by atoms with Crippen molar-refractivity contribution in [1.29, 1.82) is 0 Å². The number of benzene rings is 1. The summed E-state index contributed by atoms with van der Waals surface area (Å²) < 4.78 is 63.5. The van der Waals surface area contributed by atoms with E-state index in [1.54, 1.807) is 31.1 Å². The van der Waals surface area contributed by atoms with Gasteiger partial charge in [-0.2, -0.15) is 13.2 Å². The second-order valence-electron chi connectivity index (χ2n) is 6.14. The van der Waals surface area contributed by atoms with E-state index in [-0.39, 0.29) is 10.7 Å². The van der Waals surface area contributed by atoms with Crippen LogP contribution >= 0.6 is 0 Å². The average molecular weight is 411 g/mol. The summed E-state index contributed by atoms with van der Waals surface area (Å²) in [4.78, 5) is 7.95. The van der Waals surface area contributed by atoms with Crippen molar-refractivity contribution < 1.29 is 21.6 Å². The Hall–Kier alpha value is -2.92. The van der Waals surface area contributed by atoms with E-state index < -0.39 is 21.8 Å². The van der Waals surface area contributed by atoms with Gasteiger partial charge in [0.05, 0.1) is 22.5 Å². The summed E-state index contributed by atoms with van der Waals surface area (Å²) in [5.74, 6) is 0.160. The molecule has 11 heteroatoms. The fourth-order valence-electron chi connectivity index (χ4n) is 2.75. The van der Waals surface area contributed by atoms with Crippen molar-refractivity contribution in [2.75, 3.05) is 5.32 Å². The van der Waals surface area contributed by atoms with Gasteiger partial charge in [0.2, 0.25) is 10.0 Å². The maximum absolute atomic E-state index is 12.7. The molecule has 7 nitrogen and oxygen atoms in total. The fraction of sp³-hybridized carbons (Fsp3) is 0.176. The summed E-state index contributed by atoms with van der Waals surface area (Å²) in [6, 6.07) is 4.88. The summed E-state index contributed by atoms with van der Waals surface area (Å²) in [6.45, 7) is 1.58. The summed E-state index contributed by atoms with van der Waals surface area (Å²) in [6.07, 6.45) is -0.550. The largest absolute Gasteiger partial charge is 0.417 e. The van der Waals surface area contributed by atoms with Crippen LogP contribution in [0.2, 0.25) is 0 Å². The molecular formula is C17H16F3N5O2S. The normalized spacial score (nSPS) is 12.2. The van der Waals surface area contributed by atoms with Crippen LogP contribution in [0.15, 0.2) is 47.9 Å². The van der Waals surface area contributed by atoms with Crippen LogP contribution in [0.4, 0.5) is 24.7 Å². The Labute approximate surface area is 159 Å². The first-order chi connectivity index (χ1) is 13.0. The first kappa shape index (κ1) is 19.8. The molecule has 0 spiro atoms. The lowest BCUT2D eigenvalue weighted by molar-refractivity contribution is -0.137. The average Bonchev–Trinajstić information content (AvgIpc) is 2.99. The van der Waals surface area contributed by atoms with Crippen LogP contribution in [0.1, 0.15) is 11.1 Å². The maximum Gasteiger partial charge on any atom is 0.417 e. The Kier molecular flexibility index (Phi) is 4.90. The number of anilines is 2. The second-order valence-corrected chi connectivity index (χ2v) is 7.67. The molecule has 0 aliphatic heterocycles. The predicted octanol–water partition coefficient (Wildman–Crippen LogP) is 3.20. The predicted molar refractivity (Wildman–Crippen MR) is 97.3 cm³/mol. The molecule has 0 aliphatic rings. The smallest absolute Gasteiger partial charge is 0.340 e. The van der Waals surface area contributed by atoms with E-state index in [1.807, 2.05) is 0 Å². The molecule has 1 aromatic carbocycles. The lowest BCUT2D eigenvalue weighted by Gasteiger charge is -2.16. The molecule has 0 radical (unpaired) electrons. The molecule has 0 saturated heterocycles. The number of aromatic nitrogens is 3. The Balaban J connectivity index is 2.09. The minimum absolute atomic E-state index is 0.0703. The van der Waals surface area contributed by atoms with Gasteiger partial charge in [-0.25, -0.2) is 23.5 Å². The molecule has 2 aromatic heterocycles. The van der Waals surface area contributed by atoms with Gasteiger partial charge in [-0.05, 0) is 36.8 Å². The molecule has 0 aliphatic carbocycles. The molecule has 0 amide bonds. The number of alkyl halides is 3. The SMILES string of the molecule is Cc1c(S(N)(=O)=O)ccc(Nc2ccc(C(F)(F)F)cn2)c1-c1cn(C)cn1. The number of primary sulfonamides is 1. The number of nitrogens with two attached hydrogens (primary N) is 1. The van der Waals surface area contributed by atoms with Gasteiger partial charge in [-0.3, -0.25) is 0 Å². The highest BCUT2D eigenvalue weighted by Gasteiger charge is 2.30. The fourth-order valence-corrected chi connectivity index (χ4v) is 3.54. The lowest BCUT2D eigenvalue weighted by atomic mass is 10.0. The highest BCUT2D eigenvalue weighted by molar-refractivity contribution is 7.89. The van der Waals surface area contributed by atoms with Gasteiger partial charge in [-0.1, -0.05) is 0 Å². The number of hydrogen-bond acceptors (Lipinski definition) is 5. The van der Waals surface area contributed by atoms with Gasteiger partial charge in [0.1, 0.15) is 5.82 Å². The monoisotopic (exact) mass is 411 g/mol. The van der Waals surface area contributed by atoms with E-state index in [1.165, 1.54) is 18.2 Å². The van der Waals surface area contributed by atoms with E-state index in [0.29, 0.717) is 28.7 Å². The Morgan fingerprint density at radius 2 is 1.86 bits per heavy atom.